The third-order valence-corrected chi connectivity index (χ3v) is 5.89. The van der Waals surface area contributed by atoms with Crippen LogP contribution in [0.3, 0.4) is 0 Å². The number of hydrogen-bond acceptors (Lipinski definition) is 7. The Bertz CT molecular complexity index is 1260. The lowest BCUT2D eigenvalue weighted by Gasteiger charge is -2.30. The number of halogens is 3. The maximum Gasteiger partial charge on any atom is 0.303 e. The topological polar surface area (TPSA) is 104 Å². The van der Waals surface area contributed by atoms with E-state index in [1.807, 2.05) is 0 Å². The maximum atomic E-state index is 15.0. The van der Waals surface area contributed by atoms with Crippen LogP contribution in [0.25, 0.3) is 11.0 Å². The second-order valence-electron chi connectivity index (χ2n) is 8.60. The van der Waals surface area contributed by atoms with Crippen molar-refractivity contribution in [3.63, 3.8) is 0 Å². The molecule has 2 aromatic heterocycles. The highest BCUT2D eigenvalue weighted by atomic mass is 19.3. The van der Waals surface area contributed by atoms with Crippen LogP contribution < -0.4 is 10.1 Å². The molecule has 3 aromatic rings. The molecule has 1 aromatic carbocycles. The molecule has 2 heterocycles. The lowest BCUT2D eigenvalue weighted by Crippen LogP contribution is -2.41. The fourth-order valence-corrected chi connectivity index (χ4v) is 3.64. The Labute approximate surface area is 188 Å². The van der Waals surface area contributed by atoms with Gasteiger partial charge < -0.3 is 15.2 Å². The normalized spacial score (nSPS) is 15.2. The summed E-state index contributed by atoms with van der Waals surface area (Å²) in [5, 5.41) is 22.9. The van der Waals surface area contributed by atoms with Crippen molar-refractivity contribution in [1.29, 1.82) is 5.26 Å². The number of aromatic nitrogens is 3. The van der Waals surface area contributed by atoms with E-state index in [0.29, 0.717) is 41.1 Å². The minimum absolute atomic E-state index is 0.0273. The van der Waals surface area contributed by atoms with Gasteiger partial charge in [-0.25, -0.2) is 14.4 Å². The van der Waals surface area contributed by atoms with Crippen molar-refractivity contribution in [2.75, 3.05) is 12.4 Å². The Kier molecular flexibility index (Phi) is 5.41. The quantitative estimate of drug-likeness (QED) is 0.548. The van der Waals surface area contributed by atoms with Crippen molar-refractivity contribution in [2.45, 2.75) is 50.2 Å². The third-order valence-electron chi connectivity index (χ3n) is 5.89. The number of alkyl halides is 2. The Hall–Kier alpha value is -3.45. The zero-order valence-corrected chi connectivity index (χ0v) is 18.3. The molecule has 0 amide bonds. The molecule has 0 atom stereocenters. The van der Waals surface area contributed by atoms with Crippen molar-refractivity contribution >= 4 is 16.9 Å². The summed E-state index contributed by atoms with van der Waals surface area (Å²) in [5.41, 5.74) is -3.10. The minimum Gasteiger partial charge on any atom is -0.481 e. The molecular formula is C23H22F3N5O2. The Morgan fingerprint density at radius 1 is 1.27 bits per heavy atom. The summed E-state index contributed by atoms with van der Waals surface area (Å²) in [7, 11) is 1.46. The molecule has 0 radical (unpaired) electrons. The molecule has 7 nitrogen and oxygen atoms in total. The standard InChI is InChI=1S/C23H22F3N5O2/c1-21(2,32)23(25,26)15-6-4-5-13(17(15)24)10-28-18-14-9-16(22(11-27)7-8-22)20(33-3)31-19(14)30-12-29-18/h4-6,9,12,32H,7-8,10H2,1-3H3,(H,28,29,30,31). The molecule has 0 spiro atoms. The first-order chi connectivity index (χ1) is 15.5. The fraction of sp³-hybridized carbons (Fsp3) is 0.391. The van der Waals surface area contributed by atoms with Crippen LogP contribution >= 0.6 is 0 Å². The molecule has 4 rings (SSSR count). The summed E-state index contributed by atoms with van der Waals surface area (Å²) in [5.74, 6) is -4.29. The predicted molar refractivity (Wildman–Crippen MR) is 114 cm³/mol. The van der Waals surface area contributed by atoms with Gasteiger partial charge in [-0.15, -0.1) is 0 Å². The number of nitriles is 1. The minimum atomic E-state index is -3.79. The number of fused-ring (bicyclic) bond motifs is 1. The van der Waals surface area contributed by atoms with Gasteiger partial charge in [0.25, 0.3) is 0 Å². The molecule has 1 aliphatic rings. The summed E-state index contributed by atoms with van der Waals surface area (Å²) in [6.07, 6.45) is 2.62. The predicted octanol–water partition coefficient (Wildman–Crippen LogP) is 4.20. The van der Waals surface area contributed by atoms with Gasteiger partial charge in [0, 0.05) is 17.7 Å². The number of nitrogens with zero attached hydrogens (tertiary/aromatic N) is 4. The van der Waals surface area contributed by atoms with Crippen LogP contribution in [-0.2, 0) is 17.9 Å². The molecule has 1 saturated carbocycles. The highest BCUT2D eigenvalue weighted by Gasteiger charge is 2.49. The van der Waals surface area contributed by atoms with E-state index in [0.717, 1.165) is 19.9 Å². The number of ether oxygens (including phenoxy) is 1. The van der Waals surface area contributed by atoms with Gasteiger partial charge in [-0.1, -0.05) is 12.1 Å². The van der Waals surface area contributed by atoms with Crippen LogP contribution in [0.5, 0.6) is 5.88 Å². The van der Waals surface area contributed by atoms with Crippen molar-refractivity contribution in [3.8, 4) is 11.9 Å². The smallest absolute Gasteiger partial charge is 0.303 e. The summed E-state index contributed by atoms with van der Waals surface area (Å²) in [6, 6.07) is 7.67. The molecule has 0 bridgehead atoms. The van der Waals surface area contributed by atoms with E-state index >= 15 is 0 Å². The Morgan fingerprint density at radius 3 is 2.61 bits per heavy atom. The Balaban J connectivity index is 1.70. The van der Waals surface area contributed by atoms with Gasteiger partial charge in [0.15, 0.2) is 5.65 Å². The first kappa shape index (κ1) is 22.7. The zero-order chi connectivity index (χ0) is 24.0. The van der Waals surface area contributed by atoms with Crippen LogP contribution in [0, 0.1) is 17.1 Å². The van der Waals surface area contributed by atoms with E-state index in [-0.39, 0.29) is 12.1 Å². The highest BCUT2D eigenvalue weighted by Crippen LogP contribution is 2.51. The van der Waals surface area contributed by atoms with Crippen LogP contribution in [-0.4, -0.2) is 32.8 Å². The molecule has 0 saturated heterocycles. The van der Waals surface area contributed by atoms with Gasteiger partial charge in [0.2, 0.25) is 5.88 Å². The average Bonchev–Trinajstić information content (AvgIpc) is 3.57. The lowest BCUT2D eigenvalue weighted by molar-refractivity contribution is -0.170. The summed E-state index contributed by atoms with van der Waals surface area (Å²) in [4.78, 5) is 12.7. The van der Waals surface area contributed by atoms with E-state index < -0.39 is 28.3 Å². The number of hydrogen-bond donors (Lipinski definition) is 2. The molecule has 0 aliphatic heterocycles. The van der Waals surface area contributed by atoms with Gasteiger partial charge in [-0.2, -0.15) is 19.0 Å². The highest BCUT2D eigenvalue weighted by molar-refractivity contribution is 5.88. The number of anilines is 1. The van der Waals surface area contributed by atoms with E-state index in [2.05, 4.69) is 26.3 Å². The van der Waals surface area contributed by atoms with Crippen LogP contribution in [0.2, 0.25) is 0 Å². The first-order valence-electron chi connectivity index (χ1n) is 10.3. The SMILES string of the molecule is COc1nc2ncnc(NCc3cccc(C(F)(F)C(C)(C)O)c3F)c2cc1C1(C#N)CC1. The molecule has 10 heteroatoms. The second-order valence-corrected chi connectivity index (χ2v) is 8.60. The van der Waals surface area contributed by atoms with Gasteiger partial charge >= 0.3 is 5.92 Å². The third kappa shape index (κ3) is 3.82. The van der Waals surface area contributed by atoms with Gasteiger partial charge in [0.1, 0.15) is 23.6 Å². The van der Waals surface area contributed by atoms with E-state index in [4.69, 9.17) is 4.74 Å². The largest absolute Gasteiger partial charge is 0.481 e. The van der Waals surface area contributed by atoms with Gasteiger partial charge in [-0.3, -0.25) is 0 Å². The lowest BCUT2D eigenvalue weighted by atomic mass is 9.92. The van der Waals surface area contributed by atoms with Crippen molar-refractivity contribution in [3.05, 3.63) is 53.1 Å². The van der Waals surface area contributed by atoms with E-state index in [1.54, 1.807) is 6.07 Å². The number of methoxy groups -OCH3 is 1. The van der Waals surface area contributed by atoms with E-state index in [9.17, 15) is 23.5 Å². The number of benzene rings is 1. The number of aliphatic hydroxyl groups is 1. The van der Waals surface area contributed by atoms with Gasteiger partial charge in [-0.05, 0) is 38.8 Å². The summed E-state index contributed by atoms with van der Waals surface area (Å²) >= 11 is 0. The number of nitrogens with one attached hydrogen (secondary N) is 1. The molecule has 2 N–H and O–H groups in total. The van der Waals surface area contributed by atoms with Crippen LogP contribution in [0.15, 0.2) is 30.6 Å². The Morgan fingerprint density at radius 2 is 2.00 bits per heavy atom. The van der Waals surface area contributed by atoms with Crippen LogP contribution in [0.1, 0.15) is 43.4 Å². The fourth-order valence-electron chi connectivity index (χ4n) is 3.64. The summed E-state index contributed by atoms with van der Waals surface area (Å²) in [6.45, 7) is 1.70. The molecular weight excluding hydrogens is 435 g/mol. The molecule has 1 fully saturated rings. The molecule has 172 valence electrons. The molecule has 33 heavy (non-hydrogen) atoms. The first-order valence-corrected chi connectivity index (χ1v) is 10.3. The van der Waals surface area contributed by atoms with Crippen molar-refractivity contribution < 1.29 is 23.0 Å². The van der Waals surface area contributed by atoms with Gasteiger partial charge in [0.05, 0.1) is 29.5 Å². The van der Waals surface area contributed by atoms with E-state index in [1.165, 1.54) is 25.6 Å². The van der Waals surface area contributed by atoms with Crippen molar-refractivity contribution in [2.24, 2.45) is 0 Å². The van der Waals surface area contributed by atoms with Crippen molar-refractivity contribution in [1.82, 2.24) is 15.0 Å². The maximum absolute atomic E-state index is 15.0. The monoisotopic (exact) mass is 457 g/mol. The molecule has 0 unspecified atom stereocenters. The number of rotatable bonds is 7. The average molecular weight is 457 g/mol. The zero-order valence-electron chi connectivity index (χ0n) is 18.3. The second kappa shape index (κ2) is 7.85. The summed E-state index contributed by atoms with van der Waals surface area (Å²) < 4.78 is 49.4. The van der Waals surface area contributed by atoms with Crippen LogP contribution in [0.4, 0.5) is 19.0 Å². The molecule has 1 aliphatic carbocycles. The number of pyridine rings is 1.